The number of azide groups is 1. The molecule has 0 saturated carbocycles. The lowest BCUT2D eigenvalue weighted by atomic mass is 10.0. The lowest BCUT2D eigenvalue weighted by Gasteiger charge is -2.29. The highest BCUT2D eigenvalue weighted by molar-refractivity contribution is 4.78. The fourth-order valence-corrected chi connectivity index (χ4v) is 1.54. The number of ether oxygens (including phenoxy) is 1. The van der Waals surface area contributed by atoms with Gasteiger partial charge in [0.25, 0.3) is 0 Å². The molecule has 1 aliphatic heterocycles. The summed E-state index contributed by atoms with van der Waals surface area (Å²) in [7, 11) is 0. The van der Waals surface area contributed by atoms with Crippen LogP contribution in [0.5, 0.6) is 0 Å². The molecule has 1 rings (SSSR count). The number of nitrogens with zero attached hydrogens (tertiary/aromatic N) is 3. The van der Waals surface area contributed by atoms with E-state index in [2.05, 4.69) is 10.0 Å². The van der Waals surface area contributed by atoms with Crippen molar-refractivity contribution in [1.82, 2.24) is 0 Å². The van der Waals surface area contributed by atoms with Crippen LogP contribution in [0.2, 0.25) is 0 Å². The van der Waals surface area contributed by atoms with Crippen LogP contribution in [0.15, 0.2) is 5.11 Å². The van der Waals surface area contributed by atoms with Crippen LogP contribution < -0.4 is 0 Å². The van der Waals surface area contributed by atoms with Crippen LogP contribution in [0.3, 0.4) is 0 Å². The van der Waals surface area contributed by atoms with E-state index in [0.717, 1.165) is 12.8 Å². The third-order valence-electron chi connectivity index (χ3n) is 1.89. The van der Waals surface area contributed by atoms with Crippen LogP contribution in [-0.4, -0.2) is 18.2 Å². The van der Waals surface area contributed by atoms with Crippen molar-refractivity contribution in [2.45, 2.75) is 44.9 Å². The highest BCUT2D eigenvalue weighted by Crippen LogP contribution is 2.21. The molecule has 1 heterocycles. The van der Waals surface area contributed by atoms with Gasteiger partial charge in [0.2, 0.25) is 0 Å². The standard InChI is InChI=1S/C7H13N3O/c1-5-3-7(9-10-8)4-6(2)11-5/h5-7H,3-4H2,1-2H3/t5-,6+,7?. The minimum atomic E-state index is 0.138. The topological polar surface area (TPSA) is 58.0 Å². The van der Waals surface area contributed by atoms with Gasteiger partial charge < -0.3 is 4.74 Å². The van der Waals surface area contributed by atoms with E-state index in [0.29, 0.717) is 0 Å². The molecule has 0 aliphatic carbocycles. The molecule has 0 aromatic heterocycles. The van der Waals surface area contributed by atoms with Crippen molar-refractivity contribution in [3.05, 3.63) is 10.4 Å². The van der Waals surface area contributed by atoms with Gasteiger partial charge in [-0.1, -0.05) is 5.11 Å². The molecule has 1 aliphatic rings. The van der Waals surface area contributed by atoms with Crippen LogP contribution in [0.1, 0.15) is 26.7 Å². The number of hydrogen-bond acceptors (Lipinski definition) is 2. The second-order valence-corrected chi connectivity index (χ2v) is 3.09. The molecule has 0 amide bonds. The van der Waals surface area contributed by atoms with Crippen molar-refractivity contribution in [2.24, 2.45) is 5.11 Å². The zero-order valence-electron chi connectivity index (χ0n) is 6.90. The third kappa shape index (κ3) is 2.41. The molecule has 0 aromatic carbocycles. The molecular weight excluding hydrogens is 142 g/mol. The molecule has 0 spiro atoms. The molecule has 62 valence electrons. The SMILES string of the molecule is C[C@@H]1CC(N=[N+]=[N-])C[C@H](C)O1. The lowest BCUT2D eigenvalue weighted by Crippen LogP contribution is -2.31. The Morgan fingerprint density at radius 2 is 1.91 bits per heavy atom. The smallest absolute Gasteiger partial charge is 0.0554 e. The largest absolute Gasteiger partial charge is 0.376 e. The van der Waals surface area contributed by atoms with Gasteiger partial charge in [-0.15, -0.1) is 0 Å². The molecule has 0 N–H and O–H groups in total. The maximum Gasteiger partial charge on any atom is 0.0554 e. The van der Waals surface area contributed by atoms with E-state index >= 15 is 0 Å². The van der Waals surface area contributed by atoms with E-state index < -0.39 is 0 Å². The van der Waals surface area contributed by atoms with Gasteiger partial charge in [-0.3, -0.25) is 0 Å². The minimum Gasteiger partial charge on any atom is -0.376 e. The Morgan fingerprint density at radius 1 is 1.36 bits per heavy atom. The van der Waals surface area contributed by atoms with Crippen molar-refractivity contribution in [3.63, 3.8) is 0 Å². The Bertz CT molecular complexity index is 167. The van der Waals surface area contributed by atoms with Crippen molar-refractivity contribution in [3.8, 4) is 0 Å². The average molecular weight is 155 g/mol. The molecule has 4 heteroatoms. The van der Waals surface area contributed by atoms with Gasteiger partial charge in [0, 0.05) is 11.0 Å². The average Bonchev–Trinajstić information content (AvgIpc) is 1.85. The second-order valence-electron chi connectivity index (χ2n) is 3.09. The lowest BCUT2D eigenvalue weighted by molar-refractivity contribution is -0.0364. The molecule has 4 nitrogen and oxygen atoms in total. The van der Waals surface area contributed by atoms with Gasteiger partial charge in [0.1, 0.15) is 0 Å². The normalized spacial score (nSPS) is 37.8. The first-order valence-corrected chi connectivity index (χ1v) is 3.92. The molecule has 11 heavy (non-hydrogen) atoms. The predicted molar refractivity (Wildman–Crippen MR) is 42.2 cm³/mol. The summed E-state index contributed by atoms with van der Waals surface area (Å²) in [4.78, 5) is 2.80. The Balaban J connectivity index is 2.49. The van der Waals surface area contributed by atoms with Gasteiger partial charge >= 0.3 is 0 Å². The van der Waals surface area contributed by atoms with Crippen molar-refractivity contribution < 1.29 is 4.74 Å². The Hall–Kier alpha value is -0.730. The van der Waals surface area contributed by atoms with E-state index in [1.165, 1.54) is 0 Å². The monoisotopic (exact) mass is 155 g/mol. The molecule has 0 bridgehead atoms. The minimum absolute atomic E-state index is 0.138. The van der Waals surface area contributed by atoms with Crippen LogP contribution >= 0.6 is 0 Å². The van der Waals surface area contributed by atoms with Gasteiger partial charge in [-0.25, -0.2) is 0 Å². The molecule has 0 aromatic rings. The van der Waals surface area contributed by atoms with Crippen molar-refractivity contribution in [1.29, 1.82) is 0 Å². The molecule has 1 fully saturated rings. The van der Waals surface area contributed by atoms with E-state index in [9.17, 15) is 0 Å². The third-order valence-corrected chi connectivity index (χ3v) is 1.89. The first-order valence-electron chi connectivity index (χ1n) is 3.92. The van der Waals surface area contributed by atoms with Crippen LogP contribution in [0, 0.1) is 0 Å². The molecule has 3 atom stereocenters. The highest BCUT2D eigenvalue weighted by atomic mass is 16.5. The summed E-state index contributed by atoms with van der Waals surface area (Å²) in [5.74, 6) is 0. The predicted octanol–water partition coefficient (Wildman–Crippen LogP) is 2.25. The highest BCUT2D eigenvalue weighted by Gasteiger charge is 2.22. The fourth-order valence-electron chi connectivity index (χ4n) is 1.54. The van der Waals surface area contributed by atoms with E-state index in [1.807, 2.05) is 13.8 Å². The summed E-state index contributed by atoms with van der Waals surface area (Å²) in [6, 6.07) is 0.138. The molecular formula is C7H13N3O. The van der Waals surface area contributed by atoms with E-state index in [1.54, 1.807) is 0 Å². The maximum atomic E-state index is 8.21. The molecule has 1 saturated heterocycles. The summed E-state index contributed by atoms with van der Waals surface area (Å²) in [5, 5.41) is 3.68. The molecule has 1 unspecified atom stereocenters. The first-order chi connectivity index (χ1) is 5.22. The number of rotatable bonds is 1. The maximum absolute atomic E-state index is 8.21. The summed E-state index contributed by atoms with van der Waals surface area (Å²) in [6.07, 6.45) is 2.17. The quantitative estimate of drug-likeness (QED) is 0.325. The van der Waals surface area contributed by atoms with Crippen LogP contribution in [-0.2, 0) is 4.74 Å². The summed E-state index contributed by atoms with van der Waals surface area (Å²) < 4.78 is 5.48. The summed E-state index contributed by atoms with van der Waals surface area (Å²) >= 11 is 0. The molecule has 0 radical (unpaired) electrons. The van der Waals surface area contributed by atoms with Gasteiger partial charge in [-0.2, -0.15) is 0 Å². The Morgan fingerprint density at radius 3 is 2.36 bits per heavy atom. The van der Waals surface area contributed by atoms with E-state index in [-0.39, 0.29) is 18.2 Å². The van der Waals surface area contributed by atoms with Crippen molar-refractivity contribution in [2.75, 3.05) is 0 Å². The van der Waals surface area contributed by atoms with Crippen LogP contribution in [0.25, 0.3) is 10.4 Å². The Kier molecular flexibility index (Phi) is 2.74. The zero-order chi connectivity index (χ0) is 8.27. The fraction of sp³-hybridized carbons (Fsp3) is 1.00. The second kappa shape index (κ2) is 3.60. The van der Waals surface area contributed by atoms with Crippen LogP contribution in [0.4, 0.5) is 0 Å². The van der Waals surface area contributed by atoms with Gasteiger partial charge in [0.05, 0.1) is 12.2 Å². The van der Waals surface area contributed by atoms with E-state index in [4.69, 9.17) is 10.3 Å². The van der Waals surface area contributed by atoms with Gasteiger partial charge in [0.15, 0.2) is 0 Å². The summed E-state index contributed by atoms with van der Waals surface area (Å²) in [5.41, 5.74) is 8.21. The number of hydrogen-bond donors (Lipinski definition) is 0. The first kappa shape index (κ1) is 8.37. The Labute approximate surface area is 66.2 Å². The summed E-state index contributed by atoms with van der Waals surface area (Å²) in [6.45, 7) is 4.02. The zero-order valence-corrected chi connectivity index (χ0v) is 6.90. The van der Waals surface area contributed by atoms with Gasteiger partial charge in [-0.05, 0) is 32.2 Å². The van der Waals surface area contributed by atoms with Crippen molar-refractivity contribution >= 4 is 0 Å².